The van der Waals surface area contributed by atoms with E-state index >= 15 is 0 Å². The van der Waals surface area contributed by atoms with Crippen LogP contribution in [0.5, 0.6) is 0 Å². The number of carbonyl (C=O) groups is 1. The molecule has 4 aromatic rings. The molecule has 0 spiro atoms. The van der Waals surface area contributed by atoms with Gasteiger partial charge in [-0.25, -0.2) is 4.98 Å². The SMILES string of the molecule is Cc1ccc(-c2cc(-c3ccco3)c(C#N)c(SCC(=O)c3ccc(Cl)cc3)n2)cc1. The zero-order valence-corrected chi connectivity index (χ0v) is 18.2. The fraction of sp³-hybridized carbons (Fsp3) is 0.0800. The average Bonchev–Trinajstić information content (AvgIpc) is 3.32. The first-order valence-electron chi connectivity index (χ1n) is 9.53. The van der Waals surface area contributed by atoms with Crippen molar-refractivity contribution in [2.24, 2.45) is 0 Å². The molecule has 4 rings (SSSR count). The van der Waals surface area contributed by atoms with Crippen molar-refractivity contribution >= 4 is 29.1 Å². The van der Waals surface area contributed by atoms with Crippen LogP contribution in [-0.2, 0) is 0 Å². The lowest BCUT2D eigenvalue weighted by Crippen LogP contribution is -2.04. The largest absolute Gasteiger partial charge is 0.464 e. The lowest BCUT2D eigenvalue weighted by atomic mass is 10.0. The second-order valence-corrected chi connectivity index (χ2v) is 8.31. The molecule has 0 fully saturated rings. The van der Waals surface area contributed by atoms with E-state index in [0.717, 1.165) is 11.1 Å². The summed E-state index contributed by atoms with van der Waals surface area (Å²) >= 11 is 7.15. The Morgan fingerprint density at radius 2 is 1.87 bits per heavy atom. The molecule has 0 bridgehead atoms. The van der Waals surface area contributed by atoms with Gasteiger partial charge < -0.3 is 4.42 Å². The van der Waals surface area contributed by atoms with Crippen molar-refractivity contribution in [3.63, 3.8) is 0 Å². The second-order valence-electron chi connectivity index (χ2n) is 6.91. The van der Waals surface area contributed by atoms with Crippen LogP contribution in [0.15, 0.2) is 82.4 Å². The predicted molar refractivity (Wildman–Crippen MR) is 123 cm³/mol. The van der Waals surface area contributed by atoms with Crippen molar-refractivity contribution in [1.29, 1.82) is 5.26 Å². The van der Waals surface area contributed by atoms with Crippen LogP contribution in [0.3, 0.4) is 0 Å². The van der Waals surface area contributed by atoms with Gasteiger partial charge in [0.1, 0.15) is 16.9 Å². The molecule has 0 radical (unpaired) electrons. The zero-order valence-electron chi connectivity index (χ0n) is 16.6. The highest BCUT2D eigenvalue weighted by molar-refractivity contribution is 8.00. The van der Waals surface area contributed by atoms with Gasteiger partial charge in [-0.3, -0.25) is 4.79 Å². The molecule has 31 heavy (non-hydrogen) atoms. The standard InChI is InChI=1S/C25H17ClN2O2S/c1-16-4-6-17(7-5-16)22-13-20(24-3-2-12-30-24)21(14-27)25(28-22)31-15-23(29)18-8-10-19(26)11-9-18/h2-13H,15H2,1H3. The number of nitrogens with zero attached hydrogens (tertiary/aromatic N) is 2. The van der Waals surface area contributed by atoms with Crippen LogP contribution < -0.4 is 0 Å². The number of Topliss-reactive ketones (excluding diaryl/α,β-unsaturated/α-hetero) is 1. The first-order chi connectivity index (χ1) is 15.0. The Kier molecular flexibility index (Phi) is 6.22. The van der Waals surface area contributed by atoms with Gasteiger partial charge in [-0.2, -0.15) is 5.26 Å². The van der Waals surface area contributed by atoms with Crippen molar-refractivity contribution in [1.82, 2.24) is 4.98 Å². The van der Waals surface area contributed by atoms with Crippen molar-refractivity contribution in [2.75, 3.05) is 5.75 Å². The Morgan fingerprint density at radius 3 is 2.52 bits per heavy atom. The van der Waals surface area contributed by atoms with E-state index in [2.05, 4.69) is 6.07 Å². The van der Waals surface area contributed by atoms with E-state index < -0.39 is 0 Å². The molecule has 2 aromatic heterocycles. The van der Waals surface area contributed by atoms with Crippen LogP contribution in [0, 0.1) is 18.3 Å². The zero-order chi connectivity index (χ0) is 21.8. The van der Waals surface area contributed by atoms with Gasteiger partial charge >= 0.3 is 0 Å². The Hall–Kier alpha value is -3.33. The van der Waals surface area contributed by atoms with Gasteiger partial charge in [-0.1, -0.05) is 53.2 Å². The summed E-state index contributed by atoms with van der Waals surface area (Å²) in [6.07, 6.45) is 1.57. The number of hydrogen-bond donors (Lipinski definition) is 0. The second kappa shape index (κ2) is 9.22. The number of carbonyl (C=O) groups excluding carboxylic acids is 1. The Balaban J connectivity index is 1.73. The predicted octanol–water partition coefficient (Wildman–Crippen LogP) is 6.82. The summed E-state index contributed by atoms with van der Waals surface area (Å²) in [4.78, 5) is 17.4. The molecule has 0 saturated carbocycles. The average molecular weight is 445 g/mol. The molecule has 0 N–H and O–H groups in total. The maximum Gasteiger partial charge on any atom is 0.173 e. The number of aryl methyl sites for hydroxylation is 1. The lowest BCUT2D eigenvalue weighted by Gasteiger charge is -2.11. The smallest absolute Gasteiger partial charge is 0.173 e. The van der Waals surface area contributed by atoms with Gasteiger partial charge in [0.25, 0.3) is 0 Å². The summed E-state index contributed by atoms with van der Waals surface area (Å²) in [5, 5.41) is 10.9. The van der Waals surface area contributed by atoms with E-state index in [1.54, 1.807) is 36.6 Å². The number of nitriles is 1. The fourth-order valence-corrected chi connectivity index (χ4v) is 4.11. The molecule has 6 heteroatoms. The van der Waals surface area contributed by atoms with E-state index in [0.29, 0.717) is 38.2 Å². The summed E-state index contributed by atoms with van der Waals surface area (Å²) in [5.41, 5.74) is 4.39. The number of aromatic nitrogens is 1. The molecule has 2 heterocycles. The number of furan rings is 1. The van der Waals surface area contributed by atoms with Crippen LogP contribution >= 0.6 is 23.4 Å². The molecule has 2 aromatic carbocycles. The maximum atomic E-state index is 12.6. The maximum absolute atomic E-state index is 12.6. The molecule has 152 valence electrons. The quantitative estimate of drug-likeness (QED) is 0.241. The third kappa shape index (κ3) is 4.72. The van der Waals surface area contributed by atoms with Gasteiger partial charge in [0, 0.05) is 21.7 Å². The summed E-state index contributed by atoms with van der Waals surface area (Å²) in [7, 11) is 0. The molecule has 4 nitrogen and oxygen atoms in total. The molecular formula is C25H17ClN2O2S. The van der Waals surface area contributed by atoms with E-state index in [4.69, 9.17) is 21.0 Å². The van der Waals surface area contributed by atoms with Gasteiger partial charge in [0.05, 0.1) is 23.3 Å². The van der Waals surface area contributed by atoms with Crippen molar-refractivity contribution < 1.29 is 9.21 Å². The van der Waals surface area contributed by atoms with Crippen LogP contribution in [-0.4, -0.2) is 16.5 Å². The summed E-state index contributed by atoms with van der Waals surface area (Å²) in [5.74, 6) is 0.670. The number of thioether (sulfide) groups is 1. The van der Waals surface area contributed by atoms with Gasteiger partial charge in [-0.15, -0.1) is 0 Å². The number of pyridine rings is 1. The third-order valence-corrected chi connectivity index (χ3v) is 5.97. The van der Waals surface area contributed by atoms with Crippen molar-refractivity contribution in [3.05, 3.63) is 94.7 Å². The van der Waals surface area contributed by atoms with E-state index in [-0.39, 0.29) is 11.5 Å². The molecule has 0 aliphatic carbocycles. The monoisotopic (exact) mass is 444 g/mol. The molecule has 0 saturated heterocycles. The van der Waals surface area contributed by atoms with Gasteiger partial charge in [-0.05, 0) is 49.4 Å². The minimum Gasteiger partial charge on any atom is -0.464 e. The van der Waals surface area contributed by atoms with E-state index in [1.165, 1.54) is 11.8 Å². The van der Waals surface area contributed by atoms with Crippen LogP contribution in [0.4, 0.5) is 0 Å². The summed E-state index contributed by atoms with van der Waals surface area (Å²) in [6.45, 7) is 2.02. The first kappa shape index (κ1) is 20.9. The fourth-order valence-electron chi connectivity index (χ4n) is 3.09. The number of benzene rings is 2. The molecular weight excluding hydrogens is 428 g/mol. The number of hydrogen-bond acceptors (Lipinski definition) is 5. The minimum absolute atomic E-state index is 0.0624. The Labute approximate surface area is 189 Å². The Morgan fingerprint density at radius 1 is 1.13 bits per heavy atom. The van der Waals surface area contributed by atoms with Gasteiger partial charge in [0.15, 0.2) is 5.78 Å². The highest BCUT2D eigenvalue weighted by atomic mass is 35.5. The van der Waals surface area contributed by atoms with E-state index in [1.807, 2.05) is 43.3 Å². The molecule has 0 unspecified atom stereocenters. The van der Waals surface area contributed by atoms with Crippen LogP contribution in [0.2, 0.25) is 5.02 Å². The number of ketones is 1. The highest BCUT2D eigenvalue weighted by Gasteiger charge is 2.18. The van der Waals surface area contributed by atoms with Crippen LogP contribution in [0.25, 0.3) is 22.6 Å². The lowest BCUT2D eigenvalue weighted by molar-refractivity contribution is 0.102. The van der Waals surface area contributed by atoms with Crippen molar-refractivity contribution in [2.45, 2.75) is 11.9 Å². The highest BCUT2D eigenvalue weighted by Crippen LogP contribution is 2.34. The number of halogens is 1. The van der Waals surface area contributed by atoms with Crippen molar-refractivity contribution in [3.8, 4) is 28.7 Å². The summed E-state index contributed by atoms with van der Waals surface area (Å²) < 4.78 is 5.57. The van der Waals surface area contributed by atoms with E-state index in [9.17, 15) is 10.1 Å². The summed E-state index contributed by atoms with van der Waals surface area (Å²) in [6, 6.07) is 22.4. The third-order valence-electron chi connectivity index (χ3n) is 4.74. The first-order valence-corrected chi connectivity index (χ1v) is 10.9. The number of rotatable bonds is 6. The molecule has 0 aliphatic rings. The molecule has 0 atom stereocenters. The van der Waals surface area contributed by atoms with Crippen LogP contribution in [0.1, 0.15) is 21.5 Å². The normalized spacial score (nSPS) is 10.6. The van der Waals surface area contributed by atoms with Gasteiger partial charge in [0.2, 0.25) is 0 Å². The molecule has 0 amide bonds. The topological polar surface area (TPSA) is 66.9 Å². The Bertz CT molecular complexity index is 1260. The molecule has 0 aliphatic heterocycles. The minimum atomic E-state index is -0.0624.